The van der Waals surface area contributed by atoms with E-state index in [1.54, 1.807) is 30.3 Å². The smallest absolute Gasteiger partial charge is 0.335 e. The minimum atomic E-state index is -0.879. The van der Waals surface area contributed by atoms with E-state index in [1.807, 2.05) is 30.3 Å². The van der Waals surface area contributed by atoms with Crippen molar-refractivity contribution in [2.24, 2.45) is 0 Å². The summed E-state index contributed by atoms with van der Waals surface area (Å²) < 4.78 is 5.11. The zero-order valence-corrected chi connectivity index (χ0v) is 12.7. The minimum absolute atomic E-state index is 0.0644. The molecule has 0 unspecified atom stereocenters. The van der Waals surface area contributed by atoms with Crippen molar-refractivity contribution in [3.05, 3.63) is 66.2 Å². The van der Waals surface area contributed by atoms with E-state index in [0.29, 0.717) is 12.2 Å². The second kappa shape index (κ2) is 14.5. The van der Waals surface area contributed by atoms with Gasteiger partial charge < -0.3 is 25.2 Å². The lowest BCUT2D eigenvalue weighted by Crippen LogP contribution is -2.00. The maximum atomic E-state index is 10.2. The topological polar surface area (TPSA) is 107 Å². The Morgan fingerprint density at radius 3 is 1.61 bits per heavy atom. The van der Waals surface area contributed by atoms with E-state index in [2.05, 4.69) is 0 Å². The van der Waals surface area contributed by atoms with Crippen molar-refractivity contribution in [2.75, 3.05) is 26.4 Å². The summed E-state index contributed by atoms with van der Waals surface area (Å²) in [5, 5.41) is 32.0. The molecule has 0 atom stereocenters. The Morgan fingerprint density at radius 2 is 1.26 bits per heavy atom. The molecule has 6 nitrogen and oxygen atoms in total. The van der Waals surface area contributed by atoms with Gasteiger partial charge in [-0.05, 0) is 24.3 Å². The van der Waals surface area contributed by atoms with Gasteiger partial charge >= 0.3 is 5.97 Å². The Kier molecular flexibility index (Phi) is 13.0. The summed E-state index contributed by atoms with van der Waals surface area (Å²) in [6.07, 6.45) is 0. The summed E-state index contributed by atoms with van der Waals surface area (Å²) in [6.45, 7) is 0.179. The van der Waals surface area contributed by atoms with Gasteiger partial charge in [0.05, 0.1) is 25.4 Å². The molecule has 0 saturated carbocycles. The lowest BCUT2D eigenvalue weighted by atomic mass is 10.2. The van der Waals surface area contributed by atoms with Crippen LogP contribution in [0.15, 0.2) is 60.7 Å². The number of benzene rings is 2. The second-order valence-corrected chi connectivity index (χ2v) is 4.00. The average molecular weight is 322 g/mol. The Hall–Kier alpha value is -2.41. The fraction of sp³-hybridized carbons (Fsp3) is 0.235. The number of aliphatic hydroxyl groups is 3. The van der Waals surface area contributed by atoms with Gasteiger partial charge in [0.2, 0.25) is 0 Å². The predicted molar refractivity (Wildman–Crippen MR) is 86.6 cm³/mol. The quantitative estimate of drug-likeness (QED) is 0.663. The number of para-hydroxylation sites is 1. The second-order valence-electron chi connectivity index (χ2n) is 4.00. The maximum absolute atomic E-state index is 10.2. The van der Waals surface area contributed by atoms with Gasteiger partial charge in [-0.3, -0.25) is 0 Å². The van der Waals surface area contributed by atoms with Gasteiger partial charge in [0.1, 0.15) is 12.4 Å². The summed E-state index contributed by atoms with van der Waals surface area (Å²) in [7, 11) is 0. The zero-order valence-electron chi connectivity index (χ0n) is 12.7. The standard InChI is InChI=1S/C8H10O2.C7H6O2.C2H6O2/c9-6-7-10-8-4-2-1-3-5-8;8-7(9)6-4-2-1-3-5-6;3-1-2-4/h1-5,9H,6-7H2;1-5H,(H,8,9);3-4H,1-2H2. The minimum Gasteiger partial charge on any atom is -0.491 e. The number of ether oxygens (including phenoxy) is 1. The van der Waals surface area contributed by atoms with Crippen molar-refractivity contribution in [1.82, 2.24) is 0 Å². The highest BCUT2D eigenvalue weighted by Gasteiger charge is 1.96. The van der Waals surface area contributed by atoms with Crippen molar-refractivity contribution in [3.8, 4) is 5.75 Å². The van der Waals surface area contributed by atoms with Crippen LogP contribution in [-0.2, 0) is 0 Å². The van der Waals surface area contributed by atoms with Crippen LogP contribution < -0.4 is 4.74 Å². The highest BCUT2D eigenvalue weighted by Crippen LogP contribution is 2.07. The van der Waals surface area contributed by atoms with Crippen LogP contribution in [0.1, 0.15) is 10.4 Å². The molecule has 0 aromatic heterocycles. The number of hydrogen-bond donors (Lipinski definition) is 4. The van der Waals surface area contributed by atoms with Crippen molar-refractivity contribution in [2.45, 2.75) is 0 Å². The molecule has 4 N–H and O–H groups in total. The molecular weight excluding hydrogens is 300 g/mol. The van der Waals surface area contributed by atoms with E-state index in [1.165, 1.54) is 0 Å². The summed E-state index contributed by atoms with van der Waals surface area (Å²) in [4.78, 5) is 10.2. The van der Waals surface area contributed by atoms with Gasteiger partial charge in [0.25, 0.3) is 0 Å². The highest BCUT2D eigenvalue weighted by molar-refractivity contribution is 5.87. The molecule has 126 valence electrons. The summed E-state index contributed by atoms with van der Waals surface area (Å²) in [6, 6.07) is 17.7. The SMILES string of the molecule is O=C(O)c1ccccc1.OCCO.OCCOc1ccccc1. The monoisotopic (exact) mass is 322 g/mol. The largest absolute Gasteiger partial charge is 0.491 e. The van der Waals surface area contributed by atoms with E-state index in [0.717, 1.165) is 5.75 Å². The highest BCUT2D eigenvalue weighted by atomic mass is 16.5. The zero-order chi connectivity index (χ0) is 17.3. The Morgan fingerprint density at radius 1 is 0.783 bits per heavy atom. The van der Waals surface area contributed by atoms with E-state index < -0.39 is 5.97 Å². The lowest BCUT2D eigenvalue weighted by molar-refractivity contribution is 0.0697. The number of carboxylic acid groups (broad SMARTS) is 1. The maximum Gasteiger partial charge on any atom is 0.335 e. The van der Waals surface area contributed by atoms with Crippen LogP contribution >= 0.6 is 0 Å². The molecule has 0 amide bonds. The summed E-state index contributed by atoms with van der Waals surface area (Å²) in [5.41, 5.74) is 0.331. The Labute approximate surface area is 135 Å². The van der Waals surface area contributed by atoms with Crippen LogP contribution in [0, 0.1) is 0 Å². The fourth-order valence-corrected chi connectivity index (χ4v) is 1.26. The van der Waals surface area contributed by atoms with Crippen LogP contribution in [0.4, 0.5) is 0 Å². The van der Waals surface area contributed by atoms with E-state index in [4.69, 9.17) is 25.2 Å². The fourth-order valence-electron chi connectivity index (χ4n) is 1.26. The molecule has 2 rings (SSSR count). The number of carbonyl (C=O) groups is 1. The van der Waals surface area contributed by atoms with Crippen molar-refractivity contribution < 1.29 is 30.0 Å². The number of carboxylic acids is 1. The first-order valence-corrected chi connectivity index (χ1v) is 6.94. The molecule has 2 aromatic carbocycles. The van der Waals surface area contributed by atoms with Gasteiger partial charge in [-0.1, -0.05) is 36.4 Å². The summed E-state index contributed by atoms with van der Waals surface area (Å²) in [5.74, 6) is -0.0767. The van der Waals surface area contributed by atoms with Crippen LogP contribution in [0.2, 0.25) is 0 Å². The number of rotatable bonds is 5. The molecule has 0 bridgehead atoms. The molecule has 0 aliphatic heterocycles. The molecule has 0 spiro atoms. The third kappa shape index (κ3) is 11.9. The Balaban J connectivity index is 0.000000345. The van der Waals surface area contributed by atoms with Gasteiger partial charge in [0.15, 0.2) is 0 Å². The predicted octanol–water partition coefficient (Wildman–Crippen LogP) is 1.41. The molecule has 23 heavy (non-hydrogen) atoms. The molecule has 0 saturated heterocycles. The normalized spacial score (nSPS) is 8.83. The number of aliphatic hydroxyl groups excluding tert-OH is 3. The molecule has 2 aromatic rings. The number of aromatic carboxylic acids is 1. The van der Waals surface area contributed by atoms with E-state index >= 15 is 0 Å². The molecule has 0 fully saturated rings. The molecule has 0 radical (unpaired) electrons. The molecule has 0 heterocycles. The molecule has 6 heteroatoms. The lowest BCUT2D eigenvalue weighted by Gasteiger charge is -2.01. The first kappa shape index (κ1) is 20.6. The van der Waals surface area contributed by atoms with Crippen LogP contribution in [0.25, 0.3) is 0 Å². The van der Waals surface area contributed by atoms with Crippen LogP contribution in [0.3, 0.4) is 0 Å². The van der Waals surface area contributed by atoms with E-state index in [9.17, 15) is 4.79 Å². The van der Waals surface area contributed by atoms with Crippen molar-refractivity contribution in [3.63, 3.8) is 0 Å². The van der Waals surface area contributed by atoms with Gasteiger partial charge in [-0.15, -0.1) is 0 Å². The third-order valence-corrected chi connectivity index (χ3v) is 2.22. The van der Waals surface area contributed by atoms with Crippen molar-refractivity contribution in [1.29, 1.82) is 0 Å². The third-order valence-electron chi connectivity index (χ3n) is 2.22. The summed E-state index contributed by atoms with van der Waals surface area (Å²) >= 11 is 0. The average Bonchev–Trinajstić information content (AvgIpc) is 2.62. The Bertz CT molecular complexity index is 499. The van der Waals surface area contributed by atoms with Crippen LogP contribution in [0.5, 0.6) is 5.75 Å². The first-order valence-electron chi connectivity index (χ1n) is 6.94. The molecule has 0 aliphatic carbocycles. The van der Waals surface area contributed by atoms with Gasteiger partial charge in [-0.2, -0.15) is 0 Å². The van der Waals surface area contributed by atoms with E-state index in [-0.39, 0.29) is 19.8 Å². The molecule has 0 aliphatic rings. The van der Waals surface area contributed by atoms with Gasteiger partial charge in [0, 0.05) is 0 Å². The van der Waals surface area contributed by atoms with Gasteiger partial charge in [-0.25, -0.2) is 4.79 Å². The first-order chi connectivity index (χ1) is 11.2. The van der Waals surface area contributed by atoms with Crippen molar-refractivity contribution >= 4 is 5.97 Å². The number of hydrogen-bond acceptors (Lipinski definition) is 5. The molecular formula is C17H22O6. The van der Waals surface area contributed by atoms with Crippen LogP contribution in [-0.4, -0.2) is 52.8 Å².